The SMILES string of the molecule is C.Cc1cc(F)cc(F)c1.Cc1ccc(C)cc1.Cc1cccc(F)c1.Cc1ccccc1.Cc1ccccc1C.Cc1ccccc1F.Cc1cn[nH]c1. The Morgan fingerprint density at radius 3 is 1.05 bits per heavy atom. The van der Waals surface area contributed by atoms with Gasteiger partial charge >= 0.3 is 0 Å². The van der Waals surface area contributed by atoms with Gasteiger partial charge in [0.25, 0.3) is 0 Å². The molecule has 2 nitrogen and oxygen atoms in total. The third-order valence-corrected chi connectivity index (χ3v) is 7.28. The first-order chi connectivity index (χ1) is 25.7. The minimum atomic E-state index is -0.521. The number of nitrogens with one attached hydrogen (secondary N) is 1. The largest absolute Gasteiger partial charge is 0.285 e. The van der Waals surface area contributed by atoms with Gasteiger partial charge < -0.3 is 0 Å². The molecule has 0 spiro atoms. The fourth-order valence-electron chi connectivity index (χ4n) is 4.00. The van der Waals surface area contributed by atoms with Gasteiger partial charge in [0.1, 0.15) is 23.3 Å². The molecular formula is C49H58F4N2. The van der Waals surface area contributed by atoms with Crippen LogP contribution in [0.3, 0.4) is 0 Å². The van der Waals surface area contributed by atoms with Gasteiger partial charge in [0.15, 0.2) is 0 Å². The second-order valence-corrected chi connectivity index (χ2v) is 12.7. The van der Waals surface area contributed by atoms with Crippen LogP contribution >= 0.6 is 0 Å². The van der Waals surface area contributed by atoms with Crippen LogP contribution in [0.2, 0.25) is 0 Å². The summed E-state index contributed by atoms with van der Waals surface area (Å²) in [5, 5.41) is 6.38. The van der Waals surface area contributed by atoms with E-state index in [4.69, 9.17) is 0 Å². The smallest absolute Gasteiger partial charge is 0.126 e. The van der Waals surface area contributed by atoms with Crippen molar-refractivity contribution in [3.63, 3.8) is 0 Å². The summed E-state index contributed by atoms with van der Waals surface area (Å²) in [6.07, 6.45) is 3.62. The molecule has 0 aliphatic heterocycles. The van der Waals surface area contributed by atoms with Gasteiger partial charge in [-0.05, 0) is 126 Å². The summed E-state index contributed by atoms with van der Waals surface area (Å²) in [7, 11) is 0. The van der Waals surface area contributed by atoms with E-state index in [-0.39, 0.29) is 19.1 Å². The second kappa shape index (κ2) is 28.7. The van der Waals surface area contributed by atoms with E-state index < -0.39 is 11.6 Å². The number of halogens is 4. The molecule has 292 valence electrons. The quantitative estimate of drug-likeness (QED) is 0.154. The zero-order valence-electron chi connectivity index (χ0n) is 33.0. The van der Waals surface area contributed by atoms with Crippen molar-refractivity contribution in [2.45, 2.75) is 69.7 Å². The van der Waals surface area contributed by atoms with E-state index in [1.807, 2.05) is 50.4 Å². The summed E-state index contributed by atoms with van der Waals surface area (Å²) >= 11 is 0. The molecule has 0 fully saturated rings. The predicted molar refractivity (Wildman–Crippen MR) is 226 cm³/mol. The number of aryl methyl sites for hydroxylation is 9. The normalized spacial score (nSPS) is 9.04. The number of benzene rings is 6. The summed E-state index contributed by atoms with van der Waals surface area (Å²) in [5.74, 6) is -1.34. The number of nitrogens with zero attached hydrogens (tertiary/aromatic N) is 1. The maximum atomic E-state index is 12.3. The average molecular weight is 751 g/mol. The van der Waals surface area contributed by atoms with Gasteiger partial charge in [-0.3, -0.25) is 5.10 Å². The van der Waals surface area contributed by atoms with Crippen LogP contribution in [-0.4, -0.2) is 10.2 Å². The Bertz CT molecular complexity index is 1810. The molecule has 7 aromatic rings. The zero-order valence-corrected chi connectivity index (χ0v) is 33.0. The van der Waals surface area contributed by atoms with Crippen LogP contribution in [-0.2, 0) is 0 Å². The van der Waals surface area contributed by atoms with E-state index in [2.05, 4.69) is 105 Å². The summed E-state index contributed by atoms with van der Waals surface area (Å²) in [6.45, 7) is 17.8. The van der Waals surface area contributed by atoms with Crippen LogP contribution in [0.4, 0.5) is 17.6 Å². The standard InChI is InChI=1S/2C8H10.C7H6F2.2C7H7F.C7H8.C4H6N2.CH4/c1-7-3-5-8(2)6-4-7;1-7-5-3-4-6-8(7)2;1-5-2-6(8)4-7(9)3-5;1-6-3-2-4-7(8)5-6;1-6-4-2-3-5-7(6)8;1-7-5-3-2-4-6-7;1-4-2-5-6-3-4;/h2*3-6H,1-2H3;2-4H,1H3;2*2-5H,1H3;2-6H,1H3;2-3H,1H3,(H,5,6);1H4. The van der Waals surface area contributed by atoms with Gasteiger partial charge in [0.05, 0.1) is 6.20 Å². The van der Waals surface area contributed by atoms with Crippen LogP contribution in [0.1, 0.15) is 57.5 Å². The van der Waals surface area contributed by atoms with Gasteiger partial charge in [0.2, 0.25) is 0 Å². The first kappa shape index (κ1) is 49.2. The number of hydrogen-bond acceptors (Lipinski definition) is 1. The molecule has 0 bridgehead atoms. The molecule has 0 amide bonds. The van der Waals surface area contributed by atoms with E-state index in [0.29, 0.717) is 11.1 Å². The van der Waals surface area contributed by atoms with Crippen LogP contribution in [0, 0.1) is 85.6 Å². The van der Waals surface area contributed by atoms with Gasteiger partial charge in [-0.15, -0.1) is 0 Å². The molecule has 0 radical (unpaired) electrons. The molecule has 1 aromatic heterocycles. The Labute approximate surface area is 328 Å². The van der Waals surface area contributed by atoms with Gasteiger partial charge in [0, 0.05) is 12.3 Å². The second-order valence-electron chi connectivity index (χ2n) is 12.7. The number of rotatable bonds is 0. The molecule has 0 saturated carbocycles. The lowest BCUT2D eigenvalue weighted by molar-refractivity contribution is 0.581. The topological polar surface area (TPSA) is 28.7 Å². The summed E-state index contributed by atoms with van der Waals surface area (Å²) in [4.78, 5) is 0. The highest BCUT2D eigenvalue weighted by atomic mass is 19.1. The van der Waals surface area contributed by atoms with E-state index in [0.717, 1.165) is 11.6 Å². The van der Waals surface area contributed by atoms with Crippen molar-refractivity contribution in [3.05, 3.63) is 231 Å². The van der Waals surface area contributed by atoms with E-state index in [1.54, 1.807) is 38.2 Å². The van der Waals surface area contributed by atoms with E-state index in [9.17, 15) is 17.6 Å². The van der Waals surface area contributed by atoms with E-state index >= 15 is 0 Å². The molecule has 0 aliphatic rings. The van der Waals surface area contributed by atoms with Crippen LogP contribution in [0.25, 0.3) is 0 Å². The molecule has 6 aromatic carbocycles. The van der Waals surface area contributed by atoms with Gasteiger partial charge in [-0.25, -0.2) is 17.6 Å². The molecule has 0 unspecified atom stereocenters. The summed E-state index contributed by atoms with van der Waals surface area (Å²) in [5.41, 5.74) is 10.2. The average Bonchev–Trinajstić information content (AvgIpc) is 3.61. The van der Waals surface area contributed by atoms with Crippen molar-refractivity contribution >= 4 is 0 Å². The molecule has 1 heterocycles. The Balaban J connectivity index is 0.000000618. The Kier molecular flexibility index (Phi) is 25.7. The highest BCUT2D eigenvalue weighted by Crippen LogP contribution is 2.06. The Morgan fingerprint density at radius 1 is 0.364 bits per heavy atom. The fourth-order valence-corrected chi connectivity index (χ4v) is 4.00. The predicted octanol–water partition coefficient (Wildman–Crippen LogP) is 14.5. The molecule has 7 rings (SSSR count). The zero-order chi connectivity index (χ0) is 40.3. The van der Waals surface area contributed by atoms with Crippen molar-refractivity contribution in [1.82, 2.24) is 10.2 Å². The number of H-pyrrole nitrogens is 1. The Hall–Kier alpha value is -5.75. The summed E-state index contributed by atoms with van der Waals surface area (Å²) in [6, 6.07) is 43.7. The fraction of sp³-hybridized carbons (Fsp3) is 0.204. The van der Waals surface area contributed by atoms with Crippen LogP contribution in [0.15, 0.2) is 158 Å². The molecule has 0 saturated heterocycles. The minimum Gasteiger partial charge on any atom is -0.285 e. The maximum absolute atomic E-state index is 12.3. The van der Waals surface area contributed by atoms with Crippen molar-refractivity contribution in [2.24, 2.45) is 0 Å². The first-order valence-corrected chi connectivity index (χ1v) is 17.5. The molecular weight excluding hydrogens is 693 g/mol. The lowest BCUT2D eigenvalue weighted by atomic mass is 10.1. The molecule has 0 atom stereocenters. The maximum Gasteiger partial charge on any atom is 0.126 e. The third kappa shape index (κ3) is 25.8. The van der Waals surface area contributed by atoms with Crippen molar-refractivity contribution < 1.29 is 17.6 Å². The number of aromatic amines is 1. The minimum absolute atomic E-state index is 0. The highest BCUT2D eigenvalue weighted by Gasteiger charge is 1.94. The molecule has 6 heteroatoms. The number of hydrogen-bond donors (Lipinski definition) is 1. The first-order valence-electron chi connectivity index (χ1n) is 17.5. The lowest BCUT2D eigenvalue weighted by Crippen LogP contribution is -1.80. The van der Waals surface area contributed by atoms with Crippen molar-refractivity contribution in [3.8, 4) is 0 Å². The van der Waals surface area contributed by atoms with Crippen LogP contribution in [0.5, 0.6) is 0 Å². The van der Waals surface area contributed by atoms with Crippen molar-refractivity contribution in [2.75, 3.05) is 0 Å². The number of aromatic nitrogens is 2. The molecule has 1 N–H and O–H groups in total. The molecule has 55 heavy (non-hydrogen) atoms. The highest BCUT2D eigenvalue weighted by molar-refractivity contribution is 5.23. The monoisotopic (exact) mass is 750 g/mol. The van der Waals surface area contributed by atoms with Gasteiger partial charge in [-0.2, -0.15) is 5.10 Å². The lowest BCUT2D eigenvalue weighted by Gasteiger charge is -1.93. The third-order valence-electron chi connectivity index (χ3n) is 7.28. The summed E-state index contributed by atoms with van der Waals surface area (Å²) < 4.78 is 48.9. The Morgan fingerprint density at radius 2 is 0.782 bits per heavy atom. The van der Waals surface area contributed by atoms with Crippen molar-refractivity contribution in [1.29, 1.82) is 0 Å². The van der Waals surface area contributed by atoms with E-state index in [1.165, 1.54) is 63.7 Å². The van der Waals surface area contributed by atoms with Gasteiger partial charge in [-0.1, -0.05) is 133 Å². The van der Waals surface area contributed by atoms with Crippen LogP contribution < -0.4 is 0 Å². The molecule has 0 aliphatic carbocycles.